The van der Waals surface area contributed by atoms with Gasteiger partial charge in [0.05, 0.1) is 0 Å². The van der Waals surface area contributed by atoms with Gasteiger partial charge in [-0.25, -0.2) is 9.97 Å². The van der Waals surface area contributed by atoms with Crippen LogP contribution in [0, 0.1) is 6.92 Å². The molecule has 1 amide bonds. The molecule has 0 N–H and O–H groups in total. The summed E-state index contributed by atoms with van der Waals surface area (Å²) in [6, 6.07) is 5.68. The van der Waals surface area contributed by atoms with Crippen molar-refractivity contribution in [2.24, 2.45) is 0 Å². The molecule has 2 heterocycles. The van der Waals surface area contributed by atoms with Crippen molar-refractivity contribution in [3.05, 3.63) is 47.5 Å². The summed E-state index contributed by atoms with van der Waals surface area (Å²) < 4.78 is 0. The quantitative estimate of drug-likeness (QED) is 0.781. The Labute approximate surface area is 143 Å². The predicted molar refractivity (Wildman–Crippen MR) is 95.2 cm³/mol. The molecule has 0 spiro atoms. The van der Waals surface area contributed by atoms with Crippen LogP contribution < -0.4 is 4.90 Å². The Bertz CT molecular complexity index is 670. The molecule has 24 heavy (non-hydrogen) atoms. The maximum absolute atomic E-state index is 12.7. The van der Waals surface area contributed by atoms with Crippen LogP contribution in [0.5, 0.6) is 0 Å². The van der Waals surface area contributed by atoms with Gasteiger partial charge in [0.25, 0.3) is 5.91 Å². The smallest absolute Gasteiger partial charge is 0.272 e. The molecule has 2 rings (SSSR count). The van der Waals surface area contributed by atoms with Crippen LogP contribution in [0.2, 0.25) is 0 Å². The Kier molecular flexibility index (Phi) is 6.23. The van der Waals surface area contributed by atoms with Crippen LogP contribution in [0.25, 0.3) is 0 Å². The summed E-state index contributed by atoms with van der Waals surface area (Å²) >= 11 is 0. The lowest BCUT2D eigenvalue weighted by molar-refractivity contribution is 0.0790. The molecule has 0 atom stereocenters. The van der Waals surface area contributed by atoms with Gasteiger partial charge in [0.15, 0.2) is 0 Å². The SMILES string of the molecule is CCN(CC)c1nc(C)cc(C(=O)N(C)CCc2ccncc2)n1. The summed E-state index contributed by atoms with van der Waals surface area (Å²) in [5.41, 5.74) is 2.41. The number of hydrogen-bond donors (Lipinski definition) is 0. The van der Waals surface area contributed by atoms with E-state index in [1.165, 1.54) is 0 Å². The van der Waals surface area contributed by atoms with Crippen LogP contribution in [0.1, 0.15) is 35.6 Å². The molecule has 0 fully saturated rings. The third-order valence-electron chi connectivity index (χ3n) is 3.94. The molecule has 0 aromatic carbocycles. The lowest BCUT2D eigenvalue weighted by atomic mass is 10.2. The number of carbonyl (C=O) groups is 1. The zero-order valence-electron chi connectivity index (χ0n) is 14.9. The number of anilines is 1. The van der Waals surface area contributed by atoms with Gasteiger partial charge in [-0.1, -0.05) is 0 Å². The van der Waals surface area contributed by atoms with E-state index in [1.807, 2.05) is 24.0 Å². The van der Waals surface area contributed by atoms with E-state index in [4.69, 9.17) is 0 Å². The molecule has 128 valence electrons. The van der Waals surface area contributed by atoms with Crippen molar-refractivity contribution in [2.75, 3.05) is 31.6 Å². The van der Waals surface area contributed by atoms with Crippen molar-refractivity contribution < 1.29 is 4.79 Å². The second-order valence-corrected chi connectivity index (χ2v) is 5.70. The molecule has 6 heteroatoms. The Morgan fingerprint density at radius 1 is 1.12 bits per heavy atom. The number of aromatic nitrogens is 3. The van der Waals surface area contributed by atoms with Crippen molar-refractivity contribution in [1.29, 1.82) is 0 Å². The lowest BCUT2D eigenvalue weighted by Crippen LogP contribution is -2.31. The van der Waals surface area contributed by atoms with Gasteiger partial charge < -0.3 is 9.80 Å². The second kappa shape index (κ2) is 8.38. The highest BCUT2D eigenvalue weighted by molar-refractivity contribution is 5.92. The molecule has 0 unspecified atom stereocenters. The molecular weight excluding hydrogens is 302 g/mol. The number of nitrogens with zero attached hydrogens (tertiary/aromatic N) is 5. The third-order valence-corrected chi connectivity index (χ3v) is 3.94. The summed E-state index contributed by atoms with van der Waals surface area (Å²) in [6.07, 6.45) is 4.32. The second-order valence-electron chi connectivity index (χ2n) is 5.70. The topological polar surface area (TPSA) is 62.2 Å². The van der Waals surface area contributed by atoms with Gasteiger partial charge in [-0.05, 0) is 51.0 Å². The zero-order valence-corrected chi connectivity index (χ0v) is 14.9. The first-order valence-corrected chi connectivity index (χ1v) is 8.30. The molecule has 0 radical (unpaired) electrons. The number of aryl methyl sites for hydroxylation is 1. The first-order chi connectivity index (χ1) is 11.5. The van der Waals surface area contributed by atoms with Crippen LogP contribution >= 0.6 is 0 Å². The minimum atomic E-state index is -0.0806. The Balaban J connectivity index is 2.10. The van der Waals surface area contributed by atoms with Crippen LogP contribution in [0.3, 0.4) is 0 Å². The number of pyridine rings is 1. The van der Waals surface area contributed by atoms with Gasteiger partial charge in [-0.15, -0.1) is 0 Å². The summed E-state index contributed by atoms with van der Waals surface area (Å²) in [4.78, 5) is 29.3. The van der Waals surface area contributed by atoms with Gasteiger partial charge in [0.2, 0.25) is 5.95 Å². The van der Waals surface area contributed by atoms with E-state index >= 15 is 0 Å². The predicted octanol–water partition coefficient (Wildman–Crippen LogP) is 2.34. The molecule has 2 aromatic rings. The monoisotopic (exact) mass is 327 g/mol. The first-order valence-electron chi connectivity index (χ1n) is 8.30. The fraction of sp³-hybridized carbons (Fsp3) is 0.444. The van der Waals surface area contributed by atoms with Crippen molar-refractivity contribution in [1.82, 2.24) is 19.9 Å². The van der Waals surface area contributed by atoms with Gasteiger partial charge in [0, 0.05) is 44.8 Å². The van der Waals surface area contributed by atoms with Crippen LogP contribution in [0.4, 0.5) is 5.95 Å². The van der Waals surface area contributed by atoms with E-state index in [1.54, 1.807) is 30.4 Å². The van der Waals surface area contributed by atoms with Crippen LogP contribution in [-0.4, -0.2) is 52.4 Å². The van der Waals surface area contributed by atoms with Crippen molar-refractivity contribution in [2.45, 2.75) is 27.2 Å². The lowest BCUT2D eigenvalue weighted by Gasteiger charge is -2.21. The Morgan fingerprint density at radius 3 is 2.42 bits per heavy atom. The van der Waals surface area contributed by atoms with Gasteiger partial charge in [0.1, 0.15) is 5.69 Å². The number of amides is 1. The molecule has 6 nitrogen and oxygen atoms in total. The average Bonchev–Trinajstić information content (AvgIpc) is 2.60. The van der Waals surface area contributed by atoms with E-state index in [2.05, 4.69) is 28.8 Å². The molecule has 0 aliphatic heterocycles. The highest BCUT2D eigenvalue weighted by Gasteiger charge is 2.17. The van der Waals surface area contributed by atoms with Crippen molar-refractivity contribution in [3.63, 3.8) is 0 Å². The number of hydrogen-bond acceptors (Lipinski definition) is 5. The van der Waals surface area contributed by atoms with Gasteiger partial charge >= 0.3 is 0 Å². The average molecular weight is 327 g/mol. The molecule has 0 saturated heterocycles. The molecule has 2 aromatic heterocycles. The summed E-state index contributed by atoms with van der Waals surface area (Å²) in [5, 5.41) is 0. The largest absolute Gasteiger partial charge is 0.341 e. The van der Waals surface area contributed by atoms with E-state index in [-0.39, 0.29) is 5.91 Å². The maximum Gasteiger partial charge on any atom is 0.272 e. The number of carbonyl (C=O) groups excluding carboxylic acids is 1. The first kappa shape index (κ1) is 17.8. The maximum atomic E-state index is 12.7. The van der Waals surface area contributed by atoms with Crippen LogP contribution in [0.15, 0.2) is 30.6 Å². The Hall–Kier alpha value is -2.50. The molecule has 0 aliphatic carbocycles. The third kappa shape index (κ3) is 4.50. The summed E-state index contributed by atoms with van der Waals surface area (Å²) in [5.74, 6) is 0.536. The molecular formula is C18H25N5O. The van der Waals surface area contributed by atoms with E-state index in [9.17, 15) is 4.79 Å². The van der Waals surface area contributed by atoms with Gasteiger partial charge in [-0.2, -0.15) is 0 Å². The minimum Gasteiger partial charge on any atom is -0.341 e. The summed E-state index contributed by atoms with van der Waals surface area (Å²) in [7, 11) is 1.80. The zero-order chi connectivity index (χ0) is 17.5. The molecule has 0 bridgehead atoms. The summed E-state index contributed by atoms with van der Waals surface area (Å²) in [6.45, 7) is 8.25. The van der Waals surface area contributed by atoms with E-state index < -0.39 is 0 Å². The highest BCUT2D eigenvalue weighted by atomic mass is 16.2. The van der Waals surface area contributed by atoms with Crippen molar-refractivity contribution >= 4 is 11.9 Å². The van der Waals surface area contributed by atoms with E-state index in [0.717, 1.165) is 30.8 Å². The molecule has 0 aliphatic rings. The number of likely N-dealkylation sites (N-methyl/N-ethyl adjacent to an activating group) is 1. The van der Waals surface area contributed by atoms with E-state index in [0.29, 0.717) is 18.2 Å². The van der Waals surface area contributed by atoms with Crippen molar-refractivity contribution in [3.8, 4) is 0 Å². The standard InChI is InChI=1S/C18H25N5O/c1-5-23(6-2)18-20-14(3)13-16(21-18)17(24)22(4)12-9-15-7-10-19-11-8-15/h7-8,10-11,13H,5-6,9,12H2,1-4H3. The highest BCUT2D eigenvalue weighted by Crippen LogP contribution is 2.12. The fourth-order valence-corrected chi connectivity index (χ4v) is 2.45. The number of rotatable bonds is 7. The Morgan fingerprint density at radius 2 is 1.79 bits per heavy atom. The fourth-order valence-electron chi connectivity index (χ4n) is 2.45. The van der Waals surface area contributed by atoms with Crippen LogP contribution in [-0.2, 0) is 6.42 Å². The van der Waals surface area contributed by atoms with Gasteiger partial charge in [-0.3, -0.25) is 9.78 Å². The molecule has 0 saturated carbocycles. The minimum absolute atomic E-state index is 0.0806. The normalized spacial score (nSPS) is 10.5.